The summed E-state index contributed by atoms with van der Waals surface area (Å²) in [6.45, 7) is 3.55. The zero-order chi connectivity index (χ0) is 14.2. The van der Waals surface area contributed by atoms with Gasteiger partial charge in [-0.1, -0.05) is 6.92 Å². The van der Waals surface area contributed by atoms with E-state index >= 15 is 0 Å². The van der Waals surface area contributed by atoms with Gasteiger partial charge in [-0.25, -0.2) is 12.7 Å². The number of nitrogens with zero attached hydrogens (tertiary/aromatic N) is 2. The smallest absolute Gasteiger partial charge is 0.303 e. The van der Waals surface area contributed by atoms with Crippen LogP contribution in [-0.4, -0.2) is 68.2 Å². The van der Waals surface area contributed by atoms with Crippen molar-refractivity contribution in [3.63, 3.8) is 0 Å². The van der Waals surface area contributed by atoms with Crippen LogP contribution in [0.25, 0.3) is 0 Å². The second kappa shape index (κ2) is 8.44. The Labute approximate surface area is 110 Å². The molecule has 0 fully saturated rings. The summed E-state index contributed by atoms with van der Waals surface area (Å²) in [5.41, 5.74) is 0. The molecular formula is C11H24N2O4S. The maximum atomic E-state index is 11.9. The molecule has 0 unspecified atom stereocenters. The maximum absolute atomic E-state index is 11.9. The molecule has 0 bridgehead atoms. The fourth-order valence-corrected chi connectivity index (χ4v) is 3.16. The predicted octanol–water partition coefficient (Wildman–Crippen LogP) is 0.455. The third-order valence-corrected chi connectivity index (χ3v) is 4.58. The van der Waals surface area contributed by atoms with Crippen molar-refractivity contribution >= 4 is 16.0 Å². The standard InChI is InChI=1S/C11H24N2O4S/c1-4-13(9-6-8-12(2)3)18(16,17)10-5-7-11(14)15/h4-10H2,1-3H3,(H,14,15). The van der Waals surface area contributed by atoms with Gasteiger partial charge in [-0.2, -0.15) is 0 Å². The van der Waals surface area contributed by atoms with Crippen LogP contribution in [0.2, 0.25) is 0 Å². The monoisotopic (exact) mass is 280 g/mol. The van der Waals surface area contributed by atoms with E-state index in [4.69, 9.17) is 5.11 Å². The summed E-state index contributed by atoms with van der Waals surface area (Å²) in [6, 6.07) is 0. The summed E-state index contributed by atoms with van der Waals surface area (Å²) in [6.07, 6.45) is 0.843. The molecule has 0 aliphatic carbocycles. The number of carboxylic acids is 1. The number of hydrogen-bond donors (Lipinski definition) is 1. The average Bonchev–Trinajstić information content (AvgIpc) is 2.22. The molecule has 0 aromatic heterocycles. The highest BCUT2D eigenvalue weighted by Gasteiger charge is 2.19. The Morgan fingerprint density at radius 2 is 1.78 bits per heavy atom. The summed E-state index contributed by atoms with van der Waals surface area (Å²) >= 11 is 0. The zero-order valence-corrected chi connectivity index (χ0v) is 12.2. The lowest BCUT2D eigenvalue weighted by molar-refractivity contribution is -0.137. The van der Waals surface area contributed by atoms with Gasteiger partial charge in [0.1, 0.15) is 0 Å². The van der Waals surface area contributed by atoms with E-state index < -0.39 is 16.0 Å². The number of rotatable bonds is 10. The van der Waals surface area contributed by atoms with Gasteiger partial charge in [0.15, 0.2) is 0 Å². The second-order valence-corrected chi connectivity index (χ2v) is 6.55. The van der Waals surface area contributed by atoms with Gasteiger partial charge >= 0.3 is 5.97 Å². The highest BCUT2D eigenvalue weighted by atomic mass is 32.2. The summed E-state index contributed by atoms with van der Waals surface area (Å²) in [7, 11) is 0.570. The lowest BCUT2D eigenvalue weighted by Gasteiger charge is -2.21. The van der Waals surface area contributed by atoms with Crippen molar-refractivity contribution in [2.45, 2.75) is 26.2 Å². The van der Waals surface area contributed by atoms with E-state index in [1.165, 1.54) is 4.31 Å². The highest BCUT2D eigenvalue weighted by molar-refractivity contribution is 7.89. The van der Waals surface area contributed by atoms with Crippen LogP contribution >= 0.6 is 0 Å². The molecule has 0 saturated carbocycles. The molecule has 0 heterocycles. The summed E-state index contributed by atoms with van der Waals surface area (Å²) in [5.74, 6) is -1.05. The quantitative estimate of drug-likeness (QED) is 0.629. The number of carbonyl (C=O) groups is 1. The molecule has 0 aromatic rings. The first-order chi connectivity index (χ1) is 8.29. The number of hydrogen-bond acceptors (Lipinski definition) is 4. The molecule has 0 radical (unpaired) electrons. The minimum atomic E-state index is -3.31. The Morgan fingerprint density at radius 1 is 1.17 bits per heavy atom. The molecule has 0 spiro atoms. The van der Waals surface area contributed by atoms with E-state index in [-0.39, 0.29) is 18.6 Å². The summed E-state index contributed by atoms with van der Waals surface area (Å²) < 4.78 is 25.3. The van der Waals surface area contributed by atoms with Crippen LogP contribution in [0, 0.1) is 0 Å². The van der Waals surface area contributed by atoms with Crippen molar-refractivity contribution in [2.24, 2.45) is 0 Å². The van der Waals surface area contributed by atoms with Crippen LogP contribution in [-0.2, 0) is 14.8 Å². The number of aliphatic carboxylic acids is 1. The first-order valence-electron chi connectivity index (χ1n) is 6.14. The van der Waals surface area contributed by atoms with Gasteiger partial charge in [0.2, 0.25) is 10.0 Å². The third-order valence-electron chi connectivity index (χ3n) is 2.55. The zero-order valence-electron chi connectivity index (χ0n) is 11.4. The molecule has 0 amide bonds. The van der Waals surface area contributed by atoms with Crippen molar-refractivity contribution < 1.29 is 18.3 Å². The molecule has 0 aliphatic heterocycles. The lowest BCUT2D eigenvalue weighted by atomic mass is 10.3. The minimum absolute atomic E-state index is 0.0882. The van der Waals surface area contributed by atoms with E-state index in [1.54, 1.807) is 6.92 Å². The Balaban J connectivity index is 4.21. The highest BCUT2D eigenvalue weighted by Crippen LogP contribution is 2.06. The molecule has 0 aliphatic rings. The normalized spacial score (nSPS) is 12.3. The Kier molecular flexibility index (Phi) is 8.13. The Hall–Kier alpha value is -0.660. The van der Waals surface area contributed by atoms with Crippen LogP contribution in [0.3, 0.4) is 0 Å². The fourth-order valence-electron chi connectivity index (χ4n) is 1.59. The molecule has 0 atom stereocenters. The first-order valence-corrected chi connectivity index (χ1v) is 7.75. The maximum Gasteiger partial charge on any atom is 0.303 e. The van der Waals surface area contributed by atoms with Gasteiger partial charge in [-0.15, -0.1) is 0 Å². The molecule has 1 N–H and O–H groups in total. The van der Waals surface area contributed by atoms with Gasteiger partial charge in [0.05, 0.1) is 5.75 Å². The average molecular weight is 280 g/mol. The SMILES string of the molecule is CCN(CCCN(C)C)S(=O)(=O)CCCC(=O)O. The Morgan fingerprint density at radius 3 is 2.22 bits per heavy atom. The number of carboxylic acid groups (broad SMARTS) is 1. The lowest BCUT2D eigenvalue weighted by Crippen LogP contribution is -2.35. The molecule has 7 heteroatoms. The van der Waals surface area contributed by atoms with Gasteiger partial charge < -0.3 is 10.0 Å². The first kappa shape index (κ1) is 17.3. The summed E-state index contributed by atoms with van der Waals surface area (Å²) in [5, 5.41) is 8.49. The van der Waals surface area contributed by atoms with Crippen molar-refractivity contribution in [1.29, 1.82) is 0 Å². The topological polar surface area (TPSA) is 77.9 Å². The van der Waals surface area contributed by atoms with Gasteiger partial charge in [-0.05, 0) is 33.5 Å². The Bertz CT molecular complexity index is 341. The van der Waals surface area contributed by atoms with E-state index in [0.717, 1.165) is 13.0 Å². The van der Waals surface area contributed by atoms with Crippen molar-refractivity contribution in [3.8, 4) is 0 Å². The molecule has 18 heavy (non-hydrogen) atoms. The van der Waals surface area contributed by atoms with Crippen molar-refractivity contribution in [3.05, 3.63) is 0 Å². The molecule has 6 nitrogen and oxygen atoms in total. The van der Waals surface area contributed by atoms with E-state index in [9.17, 15) is 13.2 Å². The fraction of sp³-hybridized carbons (Fsp3) is 0.909. The van der Waals surface area contributed by atoms with Crippen LogP contribution in [0.5, 0.6) is 0 Å². The molecular weight excluding hydrogens is 256 g/mol. The molecule has 108 valence electrons. The van der Waals surface area contributed by atoms with Crippen LogP contribution in [0.1, 0.15) is 26.2 Å². The van der Waals surface area contributed by atoms with Crippen LogP contribution in [0.4, 0.5) is 0 Å². The summed E-state index contributed by atoms with van der Waals surface area (Å²) in [4.78, 5) is 12.4. The third kappa shape index (κ3) is 7.62. The second-order valence-electron chi connectivity index (χ2n) is 4.46. The van der Waals surface area contributed by atoms with Crippen LogP contribution < -0.4 is 0 Å². The van der Waals surface area contributed by atoms with Crippen LogP contribution in [0.15, 0.2) is 0 Å². The van der Waals surface area contributed by atoms with Gasteiger partial charge in [-0.3, -0.25) is 4.79 Å². The molecule has 0 saturated heterocycles. The van der Waals surface area contributed by atoms with Crippen molar-refractivity contribution in [2.75, 3.05) is 39.5 Å². The predicted molar refractivity (Wildman–Crippen MR) is 71.1 cm³/mol. The van der Waals surface area contributed by atoms with E-state index in [2.05, 4.69) is 0 Å². The largest absolute Gasteiger partial charge is 0.481 e. The van der Waals surface area contributed by atoms with Gasteiger partial charge in [0.25, 0.3) is 0 Å². The van der Waals surface area contributed by atoms with E-state index in [1.807, 2.05) is 19.0 Å². The molecule has 0 rings (SSSR count). The van der Waals surface area contributed by atoms with Crippen molar-refractivity contribution in [1.82, 2.24) is 9.21 Å². The minimum Gasteiger partial charge on any atom is -0.481 e. The molecule has 0 aromatic carbocycles. The van der Waals surface area contributed by atoms with E-state index in [0.29, 0.717) is 13.1 Å². The van der Waals surface area contributed by atoms with Gasteiger partial charge in [0, 0.05) is 19.5 Å². The number of sulfonamides is 1.